The Labute approximate surface area is 185 Å². The molecular weight excluding hydrogens is 423 g/mol. The van der Waals surface area contributed by atoms with Gasteiger partial charge in [0.2, 0.25) is 0 Å². The molecule has 2 aliphatic rings. The number of piperazine rings is 1. The van der Waals surface area contributed by atoms with Crippen LogP contribution in [0.15, 0.2) is 36.7 Å². The number of alkyl halides is 3. The van der Waals surface area contributed by atoms with Crippen molar-refractivity contribution in [2.24, 2.45) is 0 Å². The van der Waals surface area contributed by atoms with Gasteiger partial charge in [-0.25, -0.2) is 0 Å². The number of nitrogens with one attached hydrogen (secondary N) is 1. The minimum absolute atomic E-state index is 0.0950. The third kappa shape index (κ3) is 5.07. The predicted molar refractivity (Wildman–Crippen MR) is 112 cm³/mol. The van der Waals surface area contributed by atoms with Crippen LogP contribution in [-0.2, 0) is 17.5 Å². The fourth-order valence-electron chi connectivity index (χ4n) is 4.40. The third-order valence-corrected chi connectivity index (χ3v) is 6.17. The molecule has 2 saturated heterocycles. The second-order valence-corrected chi connectivity index (χ2v) is 8.63. The van der Waals surface area contributed by atoms with E-state index in [9.17, 15) is 18.0 Å². The summed E-state index contributed by atoms with van der Waals surface area (Å²) in [6, 6.07) is 4.60. The fourth-order valence-corrected chi connectivity index (χ4v) is 4.40. The number of amides is 1. The molecule has 1 aromatic carbocycles. The number of rotatable bonds is 5. The molecule has 1 N–H and O–H groups in total. The Balaban J connectivity index is 1.57. The molecule has 10 heteroatoms. The van der Waals surface area contributed by atoms with E-state index in [1.807, 2.05) is 18.1 Å². The highest BCUT2D eigenvalue weighted by Gasteiger charge is 2.47. The number of hydrogen-bond donors (Lipinski definition) is 1. The summed E-state index contributed by atoms with van der Waals surface area (Å²) < 4.78 is 45.2. The van der Waals surface area contributed by atoms with E-state index in [0.717, 1.165) is 43.8 Å². The van der Waals surface area contributed by atoms with E-state index in [0.29, 0.717) is 32.6 Å². The second kappa shape index (κ2) is 9.11. The maximum atomic E-state index is 13.7. The summed E-state index contributed by atoms with van der Waals surface area (Å²) in [5, 5.41) is 6.78. The average molecular weight is 451 g/mol. The standard InChI is InChI=1S/C22H28F3N5O2/c1-28-9-11-30(12-10-28)20(31)21(32-19-5-3-18(4-6-19)22(23,24)25)7-2-8-29(16-21)15-17-13-26-27-14-17/h3-6,13-14H,2,7-12,15-16H2,1H3,(H,26,27). The van der Waals surface area contributed by atoms with Crippen LogP contribution in [0.5, 0.6) is 5.75 Å². The number of aromatic nitrogens is 2. The van der Waals surface area contributed by atoms with Crippen LogP contribution >= 0.6 is 0 Å². The third-order valence-electron chi connectivity index (χ3n) is 6.17. The van der Waals surface area contributed by atoms with Crippen molar-refractivity contribution in [2.75, 3.05) is 46.3 Å². The van der Waals surface area contributed by atoms with Gasteiger partial charge in [0.05, 0.1) is 11.8 Å². The summed E-state index contributed by atoms with van der Waals surface area (Å²) in [6.07, 6.45) is 0.405. The number of piperidine rings is 1. The smallest absolute Gasteiger partial charge is 0.416 e. The molecule has 4 rings (SSSR count). The minimum atomic E-state index is -4.42. The summed E-state index contributed by atoms with van der Waals surface area (Å²) in [4.78, 5) is 19.9. The Kier molecular flexibility index (Phi) is 6.43. The summed E-state index contributed by atoms with van der Waals surface area (Å²) in [5.41, 5.74) is -0.880. The van der Waals surface area contributed by atoms with E-state index in [1.54, 1.807) is 6.20 Å². The van der Waals surface area contributed by atoms with Gasteiger partial charge in [-0.2, -0.15) is 18.3 Å². The first-order chi connectivity index (χ1) is 15.2. The molecule has 7 nitrogen and oxygen atoms in total. The van der Waals surface area contributed by atoms with Gasteiger partial charge in [-0.05, 0) is 50.7 Å². The Morgan fingerprint density at radius 2 is 1.88 bits per heavy atom. The molecule has 0 radical (unpaired) electrons. The number of carbonyl (C=O) groups is 1. The zero-order valence-electron chi connectivity index (χ0n) is 18.1. The average Bonchev–Trinajstić information content (AvgIpc) is 3.27. The van der Waals surface area contributed by atoms with Crippen LogP contribution in [0.1, 0.15) is 24.0 Å². The lowest BCUT2D eigenvalue weighted by Crippen LogP contribution is -2.63. The molecule has 0 saturated carbocycles. The molecule has 0 spiro atoms. The van der Waals surface area contributed by atoms with E-state index >= 15 is 0 Å². The van der Waals surface area contributed by atoms with Crippen LogP contribution in [0.25, 0.3) is 0 Å². The van der Waals surface area contributed by atoms with Crippen molar-refractivity contribution in [1.29, 1.82) is 0 Å². The summed E-state index contributed by atoms with van der Waals surface area (Å²) in [7, 11) is 2.02. The number of ether oxygens (including phenoxy) is 1. The quantitative estimate of drug-likeness (QED) is 0.757. The van der Waals surface area contributed by atoms with Crippen molar-refractivity contribution in [3.63, 3.8) is 0 Å². The first kappa shape index (κ1) is 22.6. The van der Waals surface area contributed by atoms with Crippen molar-refractivity contribution >= 4 is 5.91 Å². The lowest BCUT2D eigenvalue weighted by Gasteiger charge is -2.45. The lowest BCUT2D eigenvalue weighted by atomic mass is 9.90. The molecule has 1 aromatic heterocycles. The summed E-state index contributed by atoms with van der Waals surface area (Å²) in [5.74, 6) is 0.174. The maximum absolute atomic E-state index is 13.7. The van der Waals surface area contributed by atoms with Crippen molar-refractivity contribution in [3.05, 3.63) is 47.8 Å². The van der Waals surface area contributed by atoms with Crippen LogP contribution in [0.3, 0.4) is 0 Å². The lowest BCUT2D eigenvalue weighted by molar-refractivity contribution is -0.155. The molecule has 2 aliphatic heterocycles. The van der Waals surface area contributed by atoms with Crippen molar-refractivity contribution in [1.82, 2.24) is 24.9 Å². The van der Waals surface area contributed by atoms with Crippen LogP contribution in [0.4, 0.5) is 13.2 Å². The van der Waals surface area contributed by atoms with Gasteiger partial charge in [-0.1, -0.05) is 0 Å². The number of H-pyrrole nitrogens is 1. The van der Waals surface area contributed by atoms with Gasteiger partial charge in [0.25, 0.3) is 5.91 Å². The zero-order valence-corrected chi connectivity index (χ0v) is 18.1. The van der Waals surface area contributed by atoms with E-state index < -0.39 is 17.3 Å². The fraction of sp³-hybridized carbons (Fsp3) is 0.545. The van der Waals surface area contributed by atoms with Gasteiger partial charge in [-0.3, -0.25) is 14.8 Å². The van der Waals surface area contributed by atoms with Crippen LogP contribution in [-0.4, -0.2) is 82.7 Å². The molecule has 1 unspecified atom stereocenters. The highest BCUT2D eigenvalue weighted by Crippen LogP contribution is 2.34. The molecule has 3 heterocycles. The highest BCUT2D eigenvalue weighted by atomic mass is 19.4. The van der Waals surface area contributed by atoms with Gasteiger partial charge < -0.3 is 14.5 Å². The van der Waals surface area contributed by atoms with Gasteiger partial charge in [-0.15, -0.1) is 0 Å². The zero-order chi connectivity index (χ0) is 22.8. The molecule has 1 amide bonds. The summed E-state index contributed by atoms with van der Waals surface area (Å²) in [6.45, 7) is 4.56. The second-order valence-electron chi connectivity index (χ2n) is 8.63. The van der Waals surface area contributed by atoms with E-state index in [4.69, 9.17) is 4.74 Å². The number of likely N-dealkylation sites (tertiary alicyclic amines) is 1. The van der Waals surface area contributed by atoms with Gasteiger partial charge >= 0.3 is 6.18 Å². The minimum Gasteiger partial charge on any atom is -0.476 e. The first-order valence-electron chi connectivity index (χ1n) is 10.8. The number of benzene rings is 1. The van der Waals surface area contributed by atoms with E-state index in [-0.39, 0.29) is 11.7 Å². The molecule has 32 heavy (non-hydrogen) atoms. The number of aromatic amines is 1. The molecule has 0 aliphatic carbocycles. The normalized spacial score (nSPS) is 23.3. The van der Waals surface area contributed by atoms with Crippen LogP contribution < -0.4 is 4.74 Å². The van der Waals surface area contributed by atoms with E-state index in [1.165, 1.54) is 12.1 Å². The summed E-state index contributed by atoms with van der Waals surface area (Å²) >= 11 is 0. The Morgan fingerprint density at radius 3 is 2.50 bits per heavy atom. The SMILES string of the molecule is CN1CCN(C(=O)C2(Oc3ccc(C(F)(F)F)cc3)CCCN(Cc3cn[nH]c3)C2)CC1. The molecule has 1 atom stereocenters. The number of carbonyl (C=O) groups excluding carboxylic acids is 1. The highest BCUT2D eigenvalue weighted by molar-refractivity contribution is 5.86. The molecule has 2 fully saturated rings. The number of likely N-dealkylation sites (N-methyl/N-ethyl adjacent to an activating group) is 1. The monoisotopic (exact) mass is 451 g/mol. The topological polar surface area (TPSA) is 64.7 Å². The molecular formula is C22H28F3N5O2. The van der Waals surface area contributed by atoms with Crippen molar-refractivity contribution < 1.29 is 22.7 Å². The number of halogens is 3. The Morgan fingerprint density at radius 1 is 1.16 bits per heavy atom. The molecule has 2 aromatic rings. The number of nitrogens with zero attached hydrogens (tertiary/aromatic N) is 4. The number of hydrogen-bond acceptors (Lipinski definition) is 5. The van der Waals surface area contributed by atoms with Gasteiger partial charge in [0.1, 0.15) is 5.75 Å². The Hall–Kier alpha value is -2.59. The largest absolute Gasteiger partial charge is 0.476 e. The van der Waals surface area contributed by atoms with E-state index in [2.05, 4.69) is 20.0 Å². The van der Waals surface area contributed by atoms with Crippen molar-refractivity contribution in [3.8, 4) is 5.75 Å². The molecule has 0 bridgehead atoms. The van der Waals surface area contributed by atoms with Gasteiger partial charge in [0, 0.05) is 51.0 Å². The maximum Gasteiger partial charge on any atom is 0.416 e. The molecule has 174 valence electrons. The van der Waals surface area contributed by atoms with Crippen LogP contribution in [0, 0.1) is 0 Å². The predicted octanol–water partition coefficient (Wildman–Crippen LogP) is 2.62. The first-order valence-corrected chi connectivity index (χ1v) is 10.8. The Bertz CT molecular complexity index is 895. The van der Waals surface area contributed by atoms with Gasteiger partial charge in [0.15, 0.2) is 5.60 Å². The van der Waals surface area contributed by atoms with Crippen LogP contribution in [0.2, 0.25) is 0 Å². The van der Waals surface area contributed by atoms with Crippen molar-refractivity contribution in [2.45, 2.75) is 31.2 Å².